The van der Waals surface area contributed by atoms with E-state index in [0.29, 0.717) is 21.9 Å². The van der Waals surface area contributed by atoms with Crippen molar-refractivity contribution in [2.45, 2.75) is 52.5 Å². The van der Waals surface area contributed by atoms with Crippen molar-refractivity contribution in [3.63, 3.8) is 0 Å². The summed E-state index contributed by atoms with van der Waals surface area (Å²) in [6, 6.07) is 4.69. The van der Waals surface area contributed by atoms with Crippen LogP contribution in [0.5, 0.6) is 0 Å². The number of carbonyl (C=O) groups is 1. The van der Waals surface area contributed by atoms with Gasteiger partial charge in [-0.15, -0.1) is 11.3 Å². The number of thiophene rings is 1. The zero-order chi connectivity index (χ0) is 20.0. The molecule has 0 saturated carbocycles. The van der Waals surface area contributed by atoms with Crippen molar-refractivity contribution >= 4 is 44.7 Å². The van der Waals surface area contributed by atoms with E-state index in [1.54, 1.807) is 43.4 Å². The minimum atomic E-state index is -0.679. The summed E-state index contributed by atoms with van der Waals surface area (Å²) in [5.41, 5.74) is 2.47. The van der Waals surface area contributed by atoms with E-state index in [-0.39, 0.29) is 11.5 Å². The molecule has 1 N–H and O–H groups in total. The van der Waals surface area contributed by atoms with Crippen molar-refractivity contribution in [3.05, 3.63) is 55.4 Å². The minimum Gasteiger partial charge on any atom is -0.324 e. The molecule has 0 radical (unpaired) electrons. The first-order chi connectivity index (χ1) is 13.4. The van der Waals surface area contributed by atoms with Crippen LogP contribution >= 0.6 is 22.9 Å². The second-order valence-corrected chi connectivity index (χ2v) is 8.79. The summed E-state index contributed by atoms with van der Waals surface area (Å²) in [6.45, 7) is 5.37. The number of carbonyl (C=O) groups excluding carboxylic acids is 1. The molecule has 3 aromatic rings. The summed E-state index contributed by atoms with van der Waals surface area (Å²) in [6.07, 6.45) is 4.18. The third-order valence-corrected chi connectivity index (χ3v) is 7.08. The first-order valence-corrected chi connectivity index (χ1v) is 10.7. The molecule has 1 aliphatic carbocycles. The van der Waals surface area contributed by atoms with E-state index in [2.05, 4.69) is 10.3 Å². The molecule has 4 rings (SSSR count). The van der Waals surface area contributed by atoms with E-state index >= 15 is 0 Å². The first kappa shape index (κ1) is 19.2. The normalized spacial score (nSPS) is 14.7. The largest absolute Gasteiger partial charge is 0.324 e. The predicted molar refractivity (Wildman–Crippen MR) is 115 cm³/mol. The topological polar surface area (TPSA) is 64.0 Å². The van der Waals surface area contributed by atoms with Crippen LogP contribution in [0.1, 0.15) is 47.6 Å². The van der Waals surface area contributed by atoms with Crippen LogP contribution in [-0.2, 0) is 17.6 Å². The van der Waals surface area contributed by atoms with Gasteiger partial charge in [-0.05, 0) is 69.7 Å². The van der Waals surface area contributed by atoms with Gasteiger partial charge in [0.2, 0.25) is 5.91 Å². The van der Waals surface area contributed by atoms with Gasteiger partial charge >= 0.3 is 0 Å². The maximum atomic E-state index is 13.3. The molecule has 0 fully saturated rings. The third-order valence-electron chi connectivity index (χ3n) is 5.49. The molecule has 5 nitrogen and oxygen atoms in total. The average Bonchev–Trinajstić information content (AvgIpc) is 3.03. The lowest BCUT2D eigenvalue weighted by atomic mass is 9.97. The van der Waals surface area contributed by atoms with E-state index in [4.69, 9.17) is 11.6 Å². The number of anilines is 1. The summed E-state index contributed by atoms with van der Waals surface area (Å²) >= 11 is 7.77. The molecule has 0 bridgehead atoms. The van der Waals surface area contributed by atoms with Gasteiger partial charge in [0.05, 0.1) is 5.39 Å². The fourth-order valence-corrected chi connectivity index (χ4v) is 5.34. The van der Waals surface area contributed by atoms with E-state index in [9.17, 15) is 9.59 Å². The van der Waals surface area contributed by atoms with Crippen LogP contribution in [0.15, 0.2) is 23.0 Å². The fraction of sp³-hybridized carbons (Fsp3) is 0.381. The number of aromatic nitrogens is 2. The van der Waals surface area contributed by atoms with Gasteiger partial charge < -0.3 is 5.32 Å². The number of nitrogens with one attached hydrogen (secondary N) is 1. The van der Waals surface area contributed by atoms with Gasteiger partial charge in [-0.2, -0.15) is 0 Å². The molecule has 2 aromatic heterocycles. The Bertz CT molecular complexity index is 1150. The van der Waals surface area contributed by atoms with Gasteiger partial charge in [0, 0.05) is 15.6 Å². The van der Waals surface area contributed by atoms with Crippen LogP contribution in [-0.4, -0.2) is 15.5 Å². The Morgan fingerprint density at radius 2 is 2.04 bits per heavy atom. The standard InChI is InChI=1S/C21H22ClN3O2S/c1-11-15(22)8-6-9-16(11)24-19(26)12(2)25-13(3)23-20-18(21(25)27)14-7-4-5-10-17(14)28-20/h6,8-9,12H,4-5,7,10H2,1-3H3,(H,24,26). The van der Waals surface area contributed by atoms with Crippen LogP contribution in [0, 0.1) is 13.8 Å². The van der Waals surface area contributed by atoms with Crippen LogP contribution in [0.4, 0.5) is 5.69 Å². The third kappa shape index (κ3) is 3.14. The van der Waals surface area contributed by atoms with Crippen LogP contribution in [0.3, 0.4) is 0 Å². The first-order valence-electron chi connectivity index (χ1n) is 9.48. The number of hydrogen-bond donors (Lipinski definition) is 1. The Labute approximate surface area is 172 Å². The predicted octanol–water partition coefficient (Wildman–Crippen LogP) is 4.81. The molecule has 0 saturated heterocycles. The molecule has 0 aliphatic heterocycles. The Morgan fingerprint density at radius 1 is 1.29 bits per heavy atom. The van der Waals surface area contributed by atoms with Crippen molar-refractivity contribution in [3.8, 4) is 0 Å². The summed E-state index contributed by atoms with van der Waals surface area (Å²) in [5.74, 6) is 0.294. The smallest absolute Gasteiger partial charge is 0.263 e. The average molecular weight is 416 g/mol. The quantitative estimate of drug-likeness (QED) is 0.667. The maximum absolute atomic E-state index is 13.3. The molecule has 0 spiro atoms. The molecule has 1 aromatic carbocycles. The van der Waals surface area contributed by atoms with Crippen molar-refractivity contribution in [2.24, 2.45) is 0 Å². The molecule has 28 heavy (non-hydrogen) atoms. The van der Waals surface area contributed by atoms with Gasteiger partial charge in [0.1, 0.15) is 16.7 Å². The van der Waals surface area contributed by atoms with Crippen molar-refractivity contribution in [2.75, 3.05) is 5.32 Å². The molecule has 146 valence electrons. The van der Waals surface area contributed by atoms with Crippen molar-refractivity contribution in [1.29, 1.82) is 0 Å². The summed E-state index contributed by atoms with van der Waals surface area (Å²) in [4.78, 5) is 33.0. The van der Waals surface area contributed by atoms with E-state index in [1.807, 2.05) is 6.92 Å². The number of halogens is 1. The highest BCUT2D eigenvalue weighted by atomic mass is 35.5. The number of benzene rings is 1. The minimum absolute atomic E-state index is 0.118. The van der Waals surface area contributed by atoms with Gasteiger partial charge in [-0.3, -0.25) is 14.2 Å². The highest BCUT2D eigenvalue weighted by molar-refractivity contribution is 7.18. The SMILES string of the molecule is Cc1c(Cl)cccc1NC(=O)C(C)n1c(C)nc2sc3c(c2c1=O)CCCC3. The number of aryl methyl sites for hydroxylation is 3. The number of amides is 1. The Morgan fingerprint density at radius 3 is 2.82 bits per heavy atom. The lowest BCUT2D eigenvalue weighted by molar-refractivity contribution is -0.118. The molecular formula is C21H22ClN3O2S. The Hall–Kier alpha value is -2.18. The molecule has 1 amide bonds. The summed E-state index contributed by atoms with van der Waals surface area (Å²) in [7, 11) is 0. The van der Waals surface area contributed by atoms with E-state index < -0.39 is 6.04 Å². The zero-order valence-electron chi connectivity index (χ0n) is 16.1. The van der Waals surface area contributed by atoms with Gasteiger partial charge in [-0.1, -0.05) is 17.7 Å². The van der Waals surface area contributed by atoms with Gasteiger partial charge in [-0.25, -0.2) is 4.98 Å². The number of nitrogens with zero attached hydrogens (tertiary/aromatic N) is 2. The highest BCUT2D eigenvalue weighted by Crippen LogP contribution is 2.34. The Kier molecular flexibility index (Phi) is 5.02. The lowest BCUT2D eigenvalue weighted by Crippen LogP contribution is -2.34. The molecule has 1 unspecified atom stereocenters. The Balaban J connectivity index is 1.74. The van der Waals surface area contributed by atoms with E-state index in [1.165, 1.54) is 9.44 Å². The summed E-state index contributed by atoms with van der Waals surface area (Å²) < 4.78 is 1.51. The number of fused-ring (bicyclic) bond motifs is 3. The van der Waals surface area contributed by atoms with Gasteiger partial charge in [0.15, 0.2) is 0 Å². The number of hydrogen-bond acceptors (Lipinski definition) is 4. The monoisotopic (exact) mass is 415 g/mol. The molecular weight excluding hydrogens is 394 g/mol. The molecule has 1 atom stereocenters. The highest BCUT2D eigenvalue weighted by Gasteiger charge is 2.25. The van der Waals surface area contributed by atoms with Crippen LogP contribution in [0.2, 0.25) is 5.02 Å². The van der Waals surface area contributed by atoms with Crippen LogP contribution in [0.25, 0.3) is 10.2 Å². The molecule has 7 heteroatoms. The van der Waals surface area contributed by atoms with Crippen LogP contribution < -0.4 is 10.9 Å². The lowest BCUT2D eigenvalue weighted by Gasteiger charge is -2.19. The van der Waals surface area contributed by atoms with Crippen molar-refractivity contribution < 1.29 is 4.79 Å². The molecule has 1 aliphatic rings. The zero-order valence-corrected chi connectivity index (χ0v) is 17.7. The summed E-state index contributed by atoms with van der Waals surface area (Å²) in [5, 5.41) is 4.19. The molecule has 2 heterocycles. The van der Waals surface area contributed by atoms with E-state index in [0.717, 1.165) is 41.6 Å². The fourth-order valence-electron chi connectivity index (χ4n) is 3.87. The number of rotatable bonds is 3. The second kappa shape index (κ2) is 7.33. The second-order valence-electron chi connectivity index (χ2n) is 7.30. The van der Waals surface area contributed by atoms with Gasteiger partial charge in [0.25, 0.3) is 5.56 Å². The maximum Gasteiger partial charge on any atom is 0.263 e. The van der Waals surface area contributed by atoms with Crippen molar-refractivity contribution in [1.82, 2.24) is 9.55 Å².